The Morgan fingerprint density at radius 1 is 1.27 bits per heavy atom. The molecule has 11 heteroatoms. The van der Waals surface area contributed by atoms with Crippen molar-refractivity contribution in [2.45, 2.75) is 12.6 Å². The van der Waals surface area contributed by atoms with Crippen molar-refractivity contribution in [3.63, 3.8) is 0 Å². The van der Waals surface area contributed by atoms with Gasteiger partial charge in [0.2, 0.25) is 0 Å². The molecule has 2 rings (SSSR count). The lowest BCUT2D eigenvalue weighted by Gasteiger charge is -2.24. The minimum Gasteiger partial charge on any atom is -0.396 e. The first-order valence-corrected chi connectivity index (χ1v) is 6.64. The molecule has 126 valence electrons. The van der Waals surface area contributed by atoms with Crippen LogP contribution < -0.4 is 34.1 Å². The van der Waals surface area contributed by atoms with E-state index in [0.29, 0.717) is 29.6 Å². The monoisotopic (exact) mass is 314 g/mol. The Morgan fingerprint density at radius 3 is 2.14 bits per heavy atom. The number of nitrogens with two attached hydrogens (primary N) is 5. The summed E-state index contributed by atoms with van der Waals surface area (Å²) in [5.41, 5.74) is 23.9. The highest BCUT2D eigenvalue weighted by Gasteiger charge is 2.30. The standard InChI is InChI=1S/C6H15N5O.C5H11N5/c1-10-5(7)4(2-3-12)6(8)11(10)9;1-8-3-4(6)9-10(2)5(3)7/h6,12H,2-3,7-9H2,1H3;8H,7H2,1-2H3,(H2,6,9). The number of hydrazine groups is 2. The molecule has 1 aromatic heterocycles. The lowest BCUT2D eigenvalue weighted by molar-refractivity contribution is 0.0285. The number of aliphatic hydroxyl groups excluding tert-OH is 1. The van der Waals surface area contributed by atoms with Crippen LogP contribution in [0.5, 0.6) is 0 Å². The van der Waals surface area contributed by atoms with Crippen LogP contribution in [0.1, 0.15) is 6.42 Å². The van der Waals surface area contributed by atoms with Gasteiger partial charge in [0.1, 0.15) is 23.5 Å². The summed E-state index contributed by atoms with van der Waals surface area (Å²) in [6, 6.07) is 0. The van der Waals surface area contributed by atoms with Crippen LogP contribution in [0.25, 0.3) is 0 Å². The molecule has 1 atom stereocenters. The predicted molar refractivity (Wildman–Crippen MR) is 86.3 cm³/mol. The fraction of sp³-hybridized carbons (Fsp3) is 0.545. The van der Waals surface area contributed by atoms with Crippen molar-refractivity contribution in [1.82, 2.24) is 19.9 Å². The zero-order chi connectivity index (χ0) is 17.0. The summed E-state index contributed by atoms with van der Waals surface area (Å²) < 4.78 is 1.53. The van der Waals surface area contributed by atoms with E-state index in [2.05, 4.69) is 10.4 Å². The maximum absolute atomic E-state index is 8.71. The van der Waals surface area contributed by atoms with E-state index in [9.17, 15) is 0 Å². The summed E-state index contributed by atoms with van der Waals surface area (Å²) in [6.07, 6.45) is 0.0487. The van der Waals surface area contributed by atoms with E-state index in [1.54, 1.807) is 26.2 Å². The molecule has 2 heterocycles. The van der Waals surface area contributed by atoms with Gasteiger partial charge >= 0.3 is 0 Å². The minimum absolute atomic E-state index is 0.0331. The predicted octanol–water partition coefficient (Wildman–Crippen LogP) is -2.51. The number of rotatable bonds is 3. The highest BCUT2D eigenvalue weighted by atomic mass is 16.3. The average Bonchev–Trinajstić information content (AvgIpc) is 2.83. The number of nitrogen functional groups attached to an aromatic ring is 2. The fourth-order valence-electron chi connectivity index (χ4n) is 2.04. The van der Waals surface area contributed by atoms with Gasteiger partial charge in [-0.1, -0.05) is 0 Å². The summed E-state index contributed by atoms with van der Waals surface area (Å²) in [5.74, 6) is 7.08. The number of anilines is 3. The molecule has 11 nitrogen and oxygen atoms in total. The average molecular weight is 314 g/mol. The van der Waals surface area contributed by atoms with Crippen LogP contribution in [0.2, 0.25) is 0 Å². The largest absolute Gasteiger partial charge is 0.396 e. The van der Waals surface area contributed by atoms with Crippen LogP contribution in [0.15, 0.2) is 11.4 Å². The topological polar surface area (TPSA) is 187 Å². The summed E-state index contributed by atoms with van der Waals surface area (Å²) in [5, 5.41) is 18.3. The molecule has 1 aliphatic heterocycles. The molecular formula is C11H26N10O. The van der Waals surface area contributed by atoms with E-state index in [0.717, 1.165) is 5.57 Å². The van der Waals surface area contributed by atoms with Crippen LogP contribution in [-0.2, 0) is 7.05 Å². The zero-order valence-electron chi connectivity index (χ0n) is 13.1. The number of nitrogens with one attached hydrogen (secondary N) is 1. The number of hydrogen-bond acceptors (Lipinski definition) is 10. The van der Waals surface area contributed by atoms with Gasteiger partial charge in [0.25, 0.3) is 0 Å². The van der Waals surface area contributed by atoms with Crippen molar-refractivity contribution in [3.05, 3.63) is 11.4 Å². The van der Waals surface area contributed by atoms with Crippen LogP contribution in [0, 0.1) is 0 Å². The Hall–Kier alpha value is -2.21. The van der Waals surface area contributed by atoms with Gasteiger partial charge in [0.05, 0.1) is 0 Å². The van der Waals surface area contributed by atoms with Crippen molar-refractivity contribution < 1.29 is 5.11 Å². The lowest BCUT2D eigenvalue weighted by Crippen LogP contribution is -2.50. The normalized spacial score (nSPS) is 18.5. The first-order chi connectivity index (χ1) is 10.3. The van der Waals surface area contributed by atoms with E-state index in [4.69, 9.17) is 33.9 Å². The number of hydrogen-bond donors (Lipinski definition) is 7. The Morgan fingerprint density at radius 2 is 1.86 bits per heavy atom. The van der Waals surface area contributed by atoms with E-state index < -0.39 is 6.17 Å². The second-order valence-corrected chi connectivity index (χ2v) is 4.75. The molecule has 0 fully saturated rings. The summed E-state index contributed by atoms with van der Waals surface area (Å²) in [4.78, 5) is 0. The molecule has 1 unspecified atom stereocenters. The summed E-state index contributed by atoms with van der Waals surface area (Å²) >= 11 is 0. The Labute approximate surface area is 129 Å². The molecule has 12 N–H and O–H groups in total. The van der Waals surface area contributed by atoms with E-state index >= 15 is 0 Å². The van der Waals surface area contributed by atoms with E-state index in [-0.39, 0.29) is 6.61 Å². The van der Waals surface area contributed by atoms with Crippen molar-refractivity contribution >= 4 is 17.3 Å². The maximum Gasteiger partial charge on any atom is 0.171 e. The van der Waals surface area contributed by atoms with Gasteiger partial charge in [-0.05, 0) is 6.42 Å². The molecule has 1 aromatic rings. The molecule has 0 bridgehead atoms. The Kier molecular flexibility index (Phi) is 5.82. The number of nitrogens with zero attached hydrogens (tertiary/aromatic N) is 4. The Bertz CT molecular complexity index is 539. The lowest BCUT2D eigenvalue weighted by atomic mass is 10.1. The number of aromatic nitrogens is 2. The number of aliphatic hydroxyl groups is 1. The SMILES string of the molecule is CN1C(N)=C(CCO)C(N)N1N.CNc1c(N)nn(C)c1N. The van der Waals surface area contributed by atoms with Gasteiger partial charge in [-0.25, -0.2) is 10.5 Å². The quantitative estimate of drug-likeness (QED) is 0.293. The molecule has 22 heavy (non-hydrogen) atoms. The van der Waals surface area contributed by atoms with Gasteiger partial charge < -0.3 is 33.4 Å². The molecule has 0 saturated heterocycles. The van der Waals surface area contributed by atoms with Gasteiger partial charge in [-0.3, -0.25) is 5.01 Å². The minimum atomic E-state index is -0.415. The smallest absolute Gasteiger partial charge is 0.171 e. The second kappa shape index (κ2) is 7.17. The van der Waals surface area contributed by atoms with E-state index in [1.165, 1.54) is 9.80 Å². The van der Waals surface area contributed by atoms with Gasteiger partial charge in [0.15, 0.2) is 5.82 Å². The van der Waals surface area contributed by atoms with Crippen molar-refractivity contribution in [2.24, 2.45) is 24.4 Å². The van der Waals surface area contributed by atoms with Crippen molar-refractivity contribution in [2.75, 3.05) is 37.5 Å². The van der Waals surface area contributed by atoms with Crippen molar-refractivity contribution in [1.29, 1.82) is 0 Å². The maximum atomic E-state index is 8.71. The number of aryl methyl sites for hydroxylation is 1. The van der Waals surface area contributed by atoms with Crippen LogP contribution in [0.3, 0.4) is 0 Å². The molecule has 0 radical (unpaired) electrons. The molecule has 1 aliphatic rings. The third-order valence-corrected chi connectivity index (χ3v) is 3.42. The molecular weight excluding hydrogens is 288 g/mol. The third-order valence-electron chi connectivity index (χ3n) is 3.42. The van der Waals surface area contributed by atoms with E-state index in [1.807, 2.05) is 0 Å². The molecule has 0 spiro atoms. The summed E-state index contributed by atoms with van der Waals surface area (Å²) in [6.45, 7) is 0.0331. The first kappa shape index (κ1) is 17.8. The molecule has 0 amide bonds. The molecule has 0 aliphatic carbocycles. The third kappa shape index (κ3) is 3.33. The Balaban J connectivity index is 0.000000224. The highest BCUT2D eigenvalue weighted by Crippen LogP contribution is 2.23. The second-order valence-electron chi connectivity index (χ2n) is 4.75. The zero-order valence-corrected chi connectivity index (χ0v) is 13.1. The van der Waals surface area contributed by atoms with Crippen LogP contribution in [0.4, 0.5) is 17.3 Å². The fourth-order valence-corrected chi connectivity index (χ4v) is 2.04. The van der Waals surface area contributed by atoms with Crippen LogP contribution in [-0.4, -0.2) is 51.9 Å². The van der Waals surface area contributed by atoms with Crippen LogP contribution >= 0.6 is 0 Å². The van der Waals surface area contributed by atoms with Gasteiger partial charge in [0, 0.05) is 33.3 Å². The van der Waals surface area contributed by atoms with Gasteiger partial charge in [-0.15, -0.1) is 5.12 Å². The van der Waals surface area contributed by atoms with Gasteiger partial charge in [-0.2, -0.15) is 5.10 Å². The first-order valence-electron chi connectivity index (χ1n) is 6.64. The molecule has 0 aromatic carbocycles. The van der Waals surface area contributed by atoms with Crippen molar-refractivity contribution in [3.8, 4) is 0 Å². The highest BCUT2D eigenvalue weighted by molar-refractivity contribution is 5.74. The summed E-state index contributed by atoms with van der Waals surface area (Å²) in [7, 11) is 5.22. The molecule has 0 saturated carbocycles.